The number of anilines is 1. The Bertz CT molecular complexity index is 1760. The van der Waals surface area contributed by atoms with E-state index in [4.69, 9.17) is 16.3 Å². The number of alkyl halides is 1. The molecule has 45 heavy (non-hydrogen) atoms. The van der Waals surface area contributed by atoms with Gasteiger partial charge < -0.3 is 19.4 Å². The Hall–Kier alpha value is -4.10. The van der Waals surface area contributed by atoms with Crippen LogP contribution in [0.2, 0.25) is 0 Å². The van der Waals surface area contributed by atoms with Gasteiger partial charge in [0, 0.05) is 43.5 Å². The minimum atomic E-state index is -0.894. The second-order valence-corrected chi connectivity index (χ2v) is 13.4. The number of aromatic nitrogens is 2. The number of hydrogen-bond acceptors (Lipinski definition) is 6. The summed E-state index contributed by atoms with van der Waals surface area (Å²) in [6, 6.07) is 9.59. The summed E-state index contributed by atoms with van der Waals surface area (Å²) >= 11 is 0. The van der Waals surface area contributed by atoms with Crippen LogP contribution >= 0.6 is 0 Å². The van der Waals surface area contributed by atoms with E-state index in [0.29, 0.717) is 61.2 Å². The first-order valence-electron chi connectivity index (χ1n) is 16.0. The van der Waals surface area contributed by atoms with Crippen molar-refractivity contribution in [3.8, 4) is 17.1 Å². The molecule has 3 saturated heterocycles. The van der Waals surface area contributed by atoms with Gasteiger partial charge in [0.05, 0.1) is 5.54 Å². The first-order chi connectivity index (χ1) is 21.9. The minimum absolute atomic E-state index is 0.0583. The number of nitrogens with zero attached hydrogens (tertiary/aromatic N) is 6. The maximum atomic E-state index is 16.8. The van der Waals surface area contributed by atoms with Crippen LogP contribution in [0.5, 0.6) is 6.01 Å². The molecule has 0 bridgehead atoms. The first-order valence-corrected chi connectivity index (χ1v) is 16.0. The van der Waals surface area contributed by atoms with Crippen molar-refractivity contribution in [1.82, 2.24) is 19.8 Å². The fourth-order valence-corrected chi connectivity index (χ4v) is 8.55. The summed E-state index contributed by atoms with van der Waals surface area (Å²) in [5, 5.41) is 0.550. The van der Waals surface area contributed by atoms with Crippen molar-refractivity contribution >= 4 is 22.6 Å². The van der Waals surface area contributed by atoms with Gasteiger partial charge in [-0.15, -0.1) is 0 Å². The Labute approximate surface area is 261 Å². The average molecular weight is 611 g/mol. The lowest BCUT2D eigenvalue weighted by Gasteiger charge is -2.39. The van der Waals surface area contributed by atoms with Gasteiger partial charge in [0.2, 0.25) is 12.5 Å². The van der Waals surface area contributed by atoms with Gasteiger partial charge >= 0.3 is 6.01 Å². The van der Waals surface area contributed by atoms with Crippen LogP contribution in [0.3, 0.4) is 0 Å². The molecule has 5 aliphatic rings. The molecule has 2 aromatic carbocycles. The molecule has 4 fully saturated rings. The molecule has 232 valence electrons. The zero-order valence-electron chi connectivity index (χ0n) is 25.2. The van der Waals surface area contributed by atoms with E-state index in [1.165, 1.54) is 23.6 Å². The number of fused-ring (bicyclic) bond motifs is 5. The monoisotopic (exact) mass is 610 g/mol. The van der Waals surface area contributed by atoms with Gasteiger partial charge in [0.1, 0.15) is 30.2 Å². The highest BCUT2D eigenvalue weighted by Gasteiger charge is 2.49. The molecule has 0 radical (unpaired) electrons. The molecule has 8 nitrogen and oxygen atoms in total. The molecule has 0 N–H and O–H groups in total. The molecule has 3 aliphatic heterocycles. The normalized spacial score (nSPS) is 28.5. The van der Waals surface area contributed by atoms with Crippen LogP contribution in [0.1, 0.15) is 42.7 Å². The Kier molecular flexibility index (Phi) is 6.79. The van der Waals surface area contributed by atoms with Gasteiger partial charge in [-0.1, -0.05) is 30.8 Å². The Balaban J connectivity index is 1.20. The van der Waals surface area contributed by atoms with Crippen molar-refractivity contribution in [2.45, 2.75) is 55.8 Å². The Morgan fingerprint density at radius 1 is 1.18 bits per heavy atom. The molecule has 4 heterocycles. The summed E-state index contributed by atoms with van der Waals surface area (Å²) in [4.78, 5) is 31.5. The van der Waals surface area contributed by atoms with Gasteiger partial charge in [-0.3, -0.25) is 9.69 Å². The van der Waals surface area contributed by atoms with Crippen molar-refractivity contribution in [2.75, 3.05) is 50.8 Å². The average Bonchev–Trinajstić information content (AvgIpc) is 3.39. The molecule has 0 spiro atoms. The van der Waals surface area contributed by atoms with Crippen molar-refractivity contribution < 1.29 is 18.3 Å². The SMILES string of the molecule is [C-]#[N+]C[C@H]1CN(c2nc(OC[C@@]34CCCN3C[C@H](F)C4)nc3c(F)c(-c4cccc5c4CC4CC54)ccc23)CCN1C(=O)C=C. The molecule has 8 rings (SSSR count). The van der Waals surface area contributed by atoms with Gasteiger partial charge in [0.15, 0.2) is 5.82 Å². The highest BCUT2D eigenvalue weighted by molar-refractivity contribution is 5.94. The maximum absolute atomic E-state index is 16.8. The van der Waals surface area contributed by atoms with E-state index in [0.717, 1.165) is 31.4 Å². The summed E-state index contributed by atoms with van der Waals surface area (Å²) in [7, 11) is 0. The lowest BCUT2D eigenvalue weighted by molar-refractivity contribution is -0.128. The molecule has 1 amide bonds. The second-order valence-electron chi connectivity index (χ2n) is 13.4. The zero-order valence-corrected chi connectivity index (χ0v) is 25.2. The second kappa shape index (κ2) is 10.8. The number of piperazine rings is 1. The van der Waals surface area contributed by atoms with Crippen molar-refractivity contribution in [3.63, 3.8) is 0 Å². The van der Waals surface area contributed by atoms with E-state index in [1.54, 1.807) is 4.90 Å². The van der Waals surface area contributed by atoms with E-state index in [1.807, 2.05) is 29.2 Å². The van der Waals surface area contributed by atoms with Crippen LogP contribution in [0.15, 0.2) is 43.0 Å². The summed E-state index contributed by atoms with van der Waals surface area (Å²) in [5.74, 6) is 1.14. The zero-order chi connectivity index (χ0) is 30.9. The summed E-state index contributed by atoms with van der Waals surface area (Å²) < 4.78 is 37.5. The molecule has 2 unspecified atom stereocenters. The lowest BCUT2D eigenvalue weighted by atomic mass is 9.93. The third-order valence-electron chi connectivity index (χ3n) is 10.8. The quantitative estimate of drug-likeness (QED) is 0.272. The van der Waals surface area contributed by atoms with Gasteiger partial charge in [-0.05, 0) is 72.9 Å². The van der Waals surface area contributed by atoms with Crippen LogP contribution < -0.4 is 9.64 Å². The van der Waals surface area contributed by atoms with Crippen LogP contribution in [0.25, 0.3) is 26.9 Å². The molecule has 2 aliphatic carbocycles. The standard InChI is InChI=1S/C35H36F2N6O2/c1-3-30(44)43-13-12-41(19-23(43)17-38-2)33-27-9-8-26(24-6-4-7-25-28-14-21(28)15-29(24)25)31(37)32(27)39-34(40-33)45-20-35-10-5-11-42(35)18-22(36)16-35/h3-4,6-9,21-23,28H,1,5,10-20H2/t21?,22-,23+,28?,35+/m1/s1. The Morgan fingerprint density at radius 2 is 2.07 bits per heavy atom. The number of ether oxygens (including phenoxy) is 1. The van der Waals surface area contributed by atoms with Crippen molar-refractivity contribution in [2.24, 2.45) is 5.92 Å². The van der Waals surface area contributed by atoms with E-state index in [-0.39, 0.29) is 36.6 Å². The summed E-state index contributed by atoms with van der Waals surface area (Å²) in [6.07, 6.45) is 4.80. The van der Waals surface area contributed by atoms with E-state index < -0.39 is 17.5 Å². The predicted molar refractivity (Wildman–Crippen MR) is 167 cm³/mol. The largest absolute Gasteiger partial charge is 0.461 e. The summed E-state index contributed by atoms with van der Waals surface area (Å²) in [6.45, 7) is 13.9. The number of hydrogen-bond donors (Lipinski definition) is 0. The fourth-order valence-electron chi connectivity index (χ4n) is 8.55. The highest BCUT2D eigenvalue weighted by Crippen LogP contribution is 2.58. The fraction of sp³-hybridized carbons (Fsp3) is 0.486. The van der Waals surface area contributed by atoms with Crippen molar-refractivity contribution in [3.05, 3.63) is 71.3 Å². The minimum Gasteiger partial charge on any atom is -0.461 e. The molecule has 3 aromatic rings. The maximum Gasteiger partial charge on any atom is 0.319 e. The van der Waals surface area contributed by atoms with Crippen LogP contribution in [0, 0.1) is 18.3 Å². The van der Waals surface area contributed by atoms with E-state index in [9.17, 15) is 9.18 Å². The van der Waals surface area contributed by atoms with E-state index >= 15 is 4.39 Å². The van der Waals surface area contributed by atoms with Crippen LogP contribution in [-0.4, -0.2) is 89.3 Å². The molecular weight excluding hydrogens is 574 g/mol. The third kappa shape index (κ3) is 4.66. The van der Waals surface area contributed by atoms with Gasteiger partial charge in [-0.25, -0.2) is 15.4 Å². The van der Waals surface area contributed by atoms with E-state index in [2.05, 4.69) is 27.4 Å². The van der Waals surface area contributed by atoms with Crippen LogP contribution in [0.4, 0.5) is 14.6 Å². The Morgan fingerprint density at radius 3 is 2.91 bits per heavy atom. The lowest BCUT2D eigenvalue weighted by Crippen LogP contribution is -2.56. The predicted octanol–water partition coefficient (Wildman–Crippen LogP) is 5.17. The van der Waals surface area contributed by atoms with Crippen molar-refractivity contribution in [1.29, 1.82) is 0 Å². The highest BCUT2D eigenvalue weighted by atomic mass is 19.1. The number of benzene rings is 2. The molecule has 1 aromatic heterocycles. The smallest absolute Gasteiger partial charge is 0.319 e. The number of rotatable bonds is 7. The number of halogens is 2. The molecule has 1 saturated carbocycles. The van der Waals surface area contributed by atoms with Gasteiger partial charge in [-0.2, -0.15) is 9.97 Å². The molecular formula is C35H36F2N6O2. The first kappa shape index (κ1) is 28.4. The number of amides is 1. The topological polar surface area (TPSA) is 66.2 Å². The number of carbonyl (C=O) groups excluding carboxylic acids is 1. The van der Waals surface area contributed by atoms with Crippen LogP contribution in [-0.2, 0) is 11.2 Å². The van der Waals surface area contributed by atoms with Gasteiger partial charge in [0.25, 0.3) is 0 Å². The summed E-state index contributed by atoms with van der Waals surface area (Å²) in [5.41, 5.74) is 3.77. The third-order valence-corrected chi connectivity index (χ3v) is 10.8. The number of carbonyl (C=O) groups is 1. The molecule has 5 atom stereocenters. The molecule has 10 heteroatoms.